The number of alkyl halides is 3. The number of likely N-dealkylation sites (tertiary alicyclic amines) is 1. The van der Waals surface area contributed by atoms with E-state index in [1.807, 2.05) is 24.3 Å². The summed E-state index contributed by atoms with van der Waals surface area (Å²) < 4.78 is 43.8. The molecule has 0 N–H and O–H groups in total. The third-order valence-corrected chi connectivity index (χ3v) is 4.49. The molecule has 6 heteroatoms. The predicted octanol–water partition coefficient (Wildman–Crippen LogP) is 4.31. The van der Waals surface area contributed by atoms with E-state index in [1.54, 1.807) is 6.07 Å². The van der Waals surface area contributed by atoms with Gasteiger partial charge in [-0.25, -0.2) is 0 Å². The third-order valence-electron chi connectivity index (χ3n) is 4.49. The van der Waals surface area contributed by atoms with Crippen LogP contribution in [0.15, 0.2) is 48.5 Å². The van der Waals surface area contributed by atoms with Crippen molar-refractivity contribution in [1.29, 1.82) is 0 Å². The van der Waals surface area contributed by atoms with Gasteiger partial charge in [0, 0.05) is 19.0 Å². The van der Waals surface area contributed by atoms with Gasteiger partial charge in [0.15, 0.2) is 0 Å². The van der Waals surface area contributed by atoms with Crippen LogP contribution >= 0.6 is 0 Å². The molecule has 1 aliphatic heterocycles. The van der Waals surface area contributed by atoms with Gasteiger partial charge in [0.05, 0.1) is 5.56 Å². The van der Waals surface area contributed by atoms with Crippen LogP contribution in [0.1, 0.15) is 23.1 Å². The Labute approximate surface area is 150 Å². The molecule has 0 spiro atoms. The summed E-state index contributed by atoms with van der Waals surface area (Å²) in [6, 6.07) is 12.7. The van der Waals surface area contributed by atoms with Crippen LogP contribution in [-0.4, -0.2) is 24.3 Å². The Balaban J connectivity index is 1.54. The number of nitrogens with zero attached hydrogens (tertiary/aromatic N) is 1. The van der Waals surface area contributed by atoms with Crippen LogP contribution in [0.3, 0.4) is 0 Å². The van der Waals surface area contributed by atoms with Crippen molar-refractivity contribution >= 4 is 6.29 Å². The molecule has 0 aliphatic carbocycles. The smallest absolute Gasteiger partial charge is 0.416 e. The second kappa shape index (κ2) is 7.91. The highest BCUT2D eigenvalue weighted by atomic mass is 19.4. The number of ether oxygens (including phenoxy) is 1. The number of benzene rings is 2. The Morgan fingerprint density at radius 2 is 1.88 bits per heavy atom. The Morgan fingerprint density at radius 3 is 2.54 bits per heavy atom. The summed E-state index contributed by atoms with van der Waals surface area (Å²) in [4.78, 5) is 13.0. The van der Waals surface area contributed by atoms with Crippen molar-refractivity contribution in [1.82, 2.24) is 4.90 Å². The molecule has 138 valence electrons. The van der Waals surface area contributed by atoms with Gasteiger partial charge in [0.25, 0.3) is 0 Å². The number of carbonyl (C=O) groups excluding carboxylic acids is 1. The average Bonchev–Trinajstić information content (AvgIpc) is 3.08. The van der Waals surface area contributed by atoms with Crippen LogP contribution in [0.4, 0.5) is 13.2 Å². The number of carbonyl (C=O) groups is 1. The number of aldehydes is 1. The lowest BCUT2D eigenvalue weighted by atomic mass is 10.1. The lowest BCUT2D eigenvalue weighted by Gasteiger charge is -2.15. The fourth-order valence-electron chi connectivity index (χ4n) is 3.07. The fraction of sp³-hybridized carbons (Fsp3) is 0.350. The summed E-state index contributed by atoms with van der Waals surface area (Å²) in [6.07, 6.45) is -2.43. The maximum atomic E-state index is 12.7. The minimum absolute atomic E-state index is 0.0798. The largest absolute Gasteiger partial charge is 0.489 e. The van der Waals surface area contributed by atoms with Crippen molar-refractivity contribution in [3.05, 3.63) is 65.2 Å². The minimum atomic E-state index is -4.35. The molecule has 0 bridgehead atoms. The van der Waals surface area contributed by atoms with Gasteiger partial charge in [0.2, 0.25) is 0 Å². The van der Waals surface area contributed by atoms with E-state index in [-0.39, 0.29) is 12.5 Å². The van der Waals surface area contributed by atoms with E-state index in [0.29, 0.717) is 11.3 Å². The predicted molar refractivity (Wildman–Crippen MR) is 91.7 cm³/mol. The Hall–Kier alpha value is -2.34. The third kappa shape index (κ3) is 4.85. The van der Waals surface area contributed by atoms with Crippen LogP contribution in [-0.2, 0) is 24.1 Å². The van der Waals surface area contributed by atoms with Gasteiger partial charge in [-0.05, 0) is 48.4 Å². The zero-order chi connectivity index (χ0) is 18.6. The molecule has 1 fully saturated rings. The van der Waals surface area contributed by atoms with Gasteiger partial charge in [-0.1, -0.05) is 24.3 Å². The van der Waals surface area contributed by atoms with Crippen molar-refractivity contribution in [2.24, 2.45) is 5.92 Å². The molecular weight excluding hydrogens is 343 g/mol. The van der Waals surface area contributed by atoms with E-state index in [2.05, 4.69) is 4.90 Å². The highest BCUT2D eigenvalue weighted by Gasteiger charge is 2.30. The van der Waals surface area contributed by atoms with Gasteiger partial charge in [-0.2, -0.15) is 13.2 Å². The van der Waals surface area contributed by atoms with Crippen molar-refractivity contribution < 1.29 is 22.7 Å². The molecule has 1 atom stereocenters. The minimum Gasteiger partial charge on any atom is -0.489 e. The molecule has 2 aromatic carbocycles. The molecule has 26 heavy (non-hydrogen) atoms. The maximum absolute atomic E-state index is 12.7. The molecule has 1 saturated heterocycles. The summed E-state index contributed by atoms with van der Waals surface area (Å²) in [5.74, 6) is 0.739. The number of halogens is 3. The van der Waals surface area contributed by atoms with Gasteiger partial charge >= 0.3 is 6.18 Å². The van der Waals surface area contributed by atoms with Crippen molar-refractivity contribution in [2.75, 3.05) is 13.1 Å². The Morgan fingerprint density at radius 1 is 1.12 bits per heavy atom. The SMILES string of the molecule is O=CC1CCN(Cc2ccc(OCc3cccc(C(F)(F)F)c3)cc2)C1. The summed E-state index contributed by atoms with van der Waals surface area (Å²) in [6.45, 7) is 2.56. The first-order chi connectivity index (χ1) is 12.4. The van der Waals surface area contributed by atoms with E-state index in [9.17, 15) is 18.0 Å². The molecule has 1 unspecified atom stereocenters. The fourth-order valence-corrected chi connectivity index (χ4v) is 3.07. The van der Waals surface area contributed by atoms with Crippen molar-refractivity contribution in [3.63, 3.8) is 0 Å². The summed E-state index contributed by atoms with van der Waals surface area (Å²) in [5.41, 5.74) is 0.914. The maximum Gasteiger partial charge on any atom is 0.416 e. The second-order valence-electron chi connectivity index (χ2n) is 6.55. The standard InChI is InChI=1S/C20H20F3NO2/c21-20(22,23)18-3-1-2-16(10-18)14-26-19-6-4-15(5-7-19)11-24-9-8-17(12-24)13-25/h1-7,10,13,17H,8-9,11-12,14H2. The first-order valence-electron chi connectivity index (χ1n) is 8.49. The van der Waals surface area contributed by atoms with Crippen LogP contribution in [0, 0.1) is 5.92 Å². The molecule has 2 aromatic rings. The molecule has 3 rings (SSSR count). The zero-order valence-corrected chi connectivity index (χ0v) is 14.2. The molecular formula is C20H20F3NO2. The lowest BCUT2D eigenvalue weighted by molar-refractivity contribution is -0.137. The number of hydrogen-bond acceptors (Lipinski definition) is 3. The monoisotopic (exact) mass is 363 g/mol. The average molecular weight is 363 g/mol. The summed E-state index contributed by atoms with van der Waals surface area (Å²) in [5, 5.41) is 0. The summed E-state index contributed by atoms with van der Waals surface area (Å²) >= 11 is 0. The van der Waals surface area contributed by atoms with Gasteiger partial charge < -0.3 is 9.53 Å². The summed E-state index contributed by atoms with van der Waals surface area (Å²) in [7, 11) is 0. The van der Waals surface area contributed by atoms with Crippen molar-refractivity contribution in [2.45, 2.75) is 25.7 Å². The van der Waals surface area contributed by atoms with E-state index in [1.165, 1.54) is 6.07 Å². The van der Waals surface area contributed by atoms with Gasteiger partial charge in [0.1, 0.15) is 18.6 Å². The van der Waals surface area contributed by atoms with E-state index >= 15 is 0 Å². The second-order valence-corrected chi connectivity index (χ2v) is 6.55. The van der Waals surface area contributed by atoms with Crippen molar-refractivity contribution in [3.8, 4) is 5.75 Å². The first kappa shape index (κ1) is 18.5. The lowest BCUT2D eigenvalue weighted by Crippen LogP contribution is -2.20. The first-order valence-corrected chi connectivity index (χ1v) is 8.49. The Kier molecular flexibility index (Phi) is 5.61. The zero-order valence-electron chi connectivity index (χ0n) is 14.2. The topological polar surface area (TPSA) is 29.5 Å². The van der Waals surface area contributed by atoms with Crippen LogP contribution in [0.5, 0.6) is 5.75 Å². The van der Waals surface area contributed by atoms with Crippen LogP contribution in [0.2, 0.25) is 0 Å². The number of hydrogen-bond donors (Lipinski definition) is 0. The normalized spacial score (nSPS) is 18.0. The molecule has 0 amide bonds. The van der Waals surface area contributed by atoms with E-state index in [4.69, 9.17) is 4.74 Å². The van der Waals surface area contributed by atoms with E-state index < -0.39 is 11.7 Å². The van der Waals surface area contributed by atoms with Crippen LogP contribution in [0.25, 0.3) is 0 Å². The van der Waals surface area contributed by atoms with Gasteiger partial charge in [-0.3, -0.25) is 4.90 Å². The molecule has 1 aliphatic rings. The Bertz CT molecular complexity index is 743. The molecule has 1 heterocycles. The van der Waals surface area contributed by atoms with E-state index in [0.717, 1.165) is 50.0 Å². The molecule has 0 saturated carbocycles. The highest BCUT2D eigenvalue weighted by molar-refractivity contribution is 5.54. The number of rotatable bonds is 6. The quantitative estimate of drug-likeness (QED) is 0.717. The van der Waals surface area contributed by atoms with Crippen LogP contribution < -0.4 is 4.74 Å². The molecule has 0 aromatic heterocycles. The molecule has 3 nitrogen and oxygen atoms in total. The highest BCUT2D eigenvalue weighted by Crippen LogP contribution is 2.29. The molecule has 0 radical (unpaired) electrons. The van der Waals surface area contributed by atoms with Gasteiger partial charge in [-0.15, -0.1) is 0 Å².